The third-order valence-corrected chi connectivity index (χ3v) is 4.54. The highest BCUT2D eigenvalue weighted by Crippen LogP contribution is 2.22. The van der Waals surface area contributed by atoms with Crippen molar-refractivity contribution in [2.24, 2.45) is 0 Å². The fourth-order valence-electron chi connectivity index (χ4n) is 2.27. The molecule has 1 saturated heterocycles. The molecule has 0 radical (unpaired) electrons. The van der Waals surface area contributed by atoms with E-state index in [1.54, 1.807) is 6.07 Å². The number of hydrogen-bond donors (Lipinski definition) is 1. The Hall–Kier alpha value is -0.900. The molecular weight excluding hydrogens is 386 g/mol. The second-order valence-corrected chi connectivity index (χ2v) is 6.58. The standard InChI is InChI=1S/C14H15Br2N3O/c15-10-1-2-12(13(16)9-10)14(20)18-11-3-6-19(7-4-11)8-5-17/h1-2,9,11H,3-4,6-8H2,(H,18,20). The summed E-state index contributed by atoms with van der Waals surface area (Å²) in [5, 5.41) is 11.7. The van der Waals surface area contributed by atoms with Crippen LogP contribution in [0.1, 0.15) is 23.2 Å². The lowest BCUT2D eigenvalue weighted by Crippen LogP contribution is -2.44. The molecule has 1 aliphatic rings. The number of halogens is 2. The Bertz CT molecular complexity index is 534. The number of rotatable bonds is 3. The van der Waals surface area contributed by atoms with E-state index in [4.69, 9.17) is 5.26 Å². The van der Waals surface area contributed by atoms with E-state index in [0.29, 0.717) is 12.1 Å². The first-order chi connectivity index (χ1) is 9.60. The van der Waals surface area contributed by atoms with Crippen LogP contribution in [-0.4, -0.2) is 36.5 Å². The number of carbonyl (C=O) groups is 1. The maximum Gasteiger partial charge on any atom is 0.252 e. The SMILES string of the molecule is N#CCN1CCC(NC(=O)c2ccc(Br)cc2Br)CC1. The predicted molar refractivity (Wildman–Crippen MR) is 84.4 cm³/mol. The van der Waals surface area contributed by atoms with Crippen molar-refractivity contribution in [1.29, 1.82) is 5.26 Å². The van der Waals surface area contributed by atoms with Crippen LogP contribution < -0.4 is 5.32 Å². The Labute approximate surface area is 135 Å². The molecule has 0 spiro atoms. The molecule has 1 aromatic carbocycles. The topological polar surface area (TPSA) is 56.1 Å². The van der Waals surface area contributed by atoms with Crippen LogP contribution in [0.4, 0.5) is 0 Å². The van der Waals surface area contributed by atoms with E-state index in [-0.39, 0.29) is 11.9 Å². The van der Waals surface area contributed by atoms with Crippen molar-refractivity contribution in [1.82, 2.24) is 10.2 Å². The van der Waals surface area contributed by atoms with Crippen LogP contribution in [0.15, 0.2) is 27.1 Å². The quantitative estimate of drug-likeness (QED) is 0.793. The highest BCUT2D eigenvalue weighted by atomic mass is 79.9. The van der Waals surface area contributed by atoms with E-state index in [9.17, 15) is 4.79 Å². The molecule has 106 valence electrons. The molecule has 0 unspecified atom stereocenters. The molecule has 6 heteroatoms. The summed E-state index contributed by atoms with van der Waals surface area (Å²) in [6, 6.07) is 7.87. The van der Waals surface area contributed by atoms with Crippen LogP contribution in [0.5, 0.6) is 0 Å². The Kier molecular flexibility index (Phi) is 5.58. The molecule has 2 rings (SSSR count). The van der Waals surface area contributed by atoms with Gasteiger partial charge in [-0.15, -0.1) is 0 Å². The van der Waals surface area contributed by atoms with E-state index in [2.05, 4.69) is 48.1 Å². The minimum absolute atomic E-state index is 0.0527. The van der Waals surface area contributed by atoms with Crippen molar-refractivity contribution in [3.63, 3.8) is 0 Å². The van der Waals surface area contributed by atoms with Gasteiger partial charge in [-0.3, -0.25) is 9.69 Å². The van der Waals surface area contributed by atoms with Crippen LogP contribution in [-0.2, 0) is 0 Å². The Morgan fingerprint density at radius 2 is 2.10 bits per heavy atom. The van der Waals surface area contributed by atoms with E-state index in [1.165, 1.54) is 0 Å². The van der Waals surface area contributed by atoms with Crippen molar-refractivity contribution in [2.45, 2.75) is 18.9 Å². The Balaban J connectivity index is 1.91. The number of nitrogens with one attached hydrogen (secondary N) is 1. The van der Waals surface area contributed by atoms with Crippen LogP contribution in [0.2, 0.25) is 0 Å². The van der Waals surface area contributed by atoms with Gasteiger partial charge in [-0.05, 0) is 47.0 Å². The smallest absolute Gasteiger partial charge is 0.252 e. The Morgan fingerprint density at radius 1 is 1.40 bits per heavy atom. The average Bonchev–Trinajstić information content (AvgIpc) is 2.41. The lowest BCUT2D eigenvalue weighted by molar-refractivity contribution is 0.0913. The van der Waals surface area contributed by atoms with Gasteiger partial charge in [0.05, 0.1) is 18.2 Å². The number of piperidine rings is 1. The van der Waals surface area contributed by atoms with Crippen LogP contribution in [0, 0.1) is 11.3 Å². The van der Waals surface area contributed by atoms with Gasteiger partial charge in [-0.1, -0.05) is 15.9 Å². The van der Waals surface area contributed by atoms with Crippen molar-refractivity contribution in [2.75, 3.05) is 19.6 Å². The first-order valence-corrected chi connectivity index (χ1v) is 8.04. The average molecular weight is 401 g/mol. The second kappa shape index (κ2) is 7.21. The zero-order valence-electron chi connectivity index (χ0n) is 10.9. The summed E-state index contributed by atoms with van der Waals surface area (Å²) in [6.45, 7) is 2.19. The molecule has 1 aromatic rings. The number of carbonyl (C=O) groups excluding carboxylic acids is 1. The minimum atomic E-state index is -0.0527. The predicted octanol–water partition coefficient (Wildman–Crippen LogP) is 2.93. The van der Waals surface area contributed by atoms with Gasteiger partial charge in [0.2, 0.25) is 0 Å². The normalized spacial score (nSPS) is 16.6. The molecule has 1 fully saturated rings. The molecule has 4 nitrogen and oxygen atoms in total. The van der Waals surface area contributed by atoms with E-state index in [0.717, 1.165) is 34.9 Å². The first kappa shape index (κ1) is 15.5. The molecule has 0 atom stereocenters. The van der Waals surface area contributed by atoms with Gasteiger partial charge in [0.25, 0.3) is 5.91 Å². The highest BCUT2D eigenvalue weighted by molar-refractivity contribution is 9.11. The number of nitriles is 1. The van der Waals surface area contributed by atoms with Gasteiger partial charge in [0.15, 0.2) is 0 Å². The van der Waals surface area contributed by atoms with Crippen molar-refractivity contribution < 1.29 is 4.79 Å². The summed E-state index contributed by atoms with van der Waals surface area (Å²) in [6.07, 6.45) is 1.78. The fraction of sp³-hybridized carbons (Fsp3) is 0.429. The summed E-state index contributed by atoms with van der Waals surface area (Å²) in [5.41, 5.74) is 0.646. The maximum absolute atomic E-state index is 12.2. The molecule has 0 aromatic heterocycles. The van der Waals surface area contributed by atoms with E-state index in [1.807, 2.05) is 12.1 Å². The molecule has 0 aliphatic carbocycles. The first-order valence-electron chi connectivity index (χ1n) is 6.45. The van der Waals surface area contributed by atoms with Crippen molar-refractivity contribution in [3.8, 4) is 6.07 Å². The lowest BCUT2D eigenvalue weighted by atomic mass is 10.0. The number of amides is 1. The highest BCUT2D eigenvalue weighted by Gasteiger charge is 2.21. The largest absolute Gasteiger partial charge is 0.349 e. The van der Waals surface area contributed by atoms with Crippen molar-refractivity contribution in [3.05, 3.63) is 32.7 Å². The van der Waals surface area contributed by atoms with Crippen LogP contribution in [0.25, 0.3) is 0 Å². The van der Waals surface area contributed by atoms with E-state index >= 15 is 0 Å². The Morgan fingerprint density at radius 3 is 2.70 bits per heavy atom. The molecule has 1 amide bonds. The fourth-order valence-corrected chi connectivity index (χ4v) is 3.50. The van der Waals surface area contributed by atoms with Gasteiger partial charge in [0, 0.05) is 28.1 Å². The monoisotopic (exact) mass is 399 g/mol. The summed E-state index contributed by atoms with van der Waals surface area (Å²) >= 11 is 6.78. The number of likely N-dealkylation sites (tertiary alicyclic amines) is 1. The lowest BCUT2D eigenvalue weighted by Gasteiger charge is -2.30. The zero-order chi connectivity index (χ0) is 14.5. The molecule has 1 N–H and O–H groups in total. The van der Waals surface area contributed by atoms with Gasteiger partial charge in [-0.2, -0.15) is 5.26 Å². The maximum atomic E-state index is 12.2. The molecular formula is C14H15Br2N3O. The molecule has 20 heavy (non-hydrogen) atoms. The molecule has 1 aliphatic heterocycles. The van der Waals surface area contributed by atoms with Gasteiger partial charge >= 0.3 is 0 Å². The molecule has 0 bridgehead atoms. The number of benzene rings is 1. The molecule has 1 heterocycles. The summed E-state index contributed by atoms with van der Waals surface area (Å²) < 4.78 is 1.72. The van der Waals surface area contributed by atoms with Crippen LogP contribution >= 0.6 is 31.9 Å². The summed E-state index contributed by atoms with van der Waals surface area (Å²) in [5.74, 6) is -0.0527. The third kappa shape index (κ3) is 4.05. The van der Waals surface area contributed by atoms with Crippen molar-refractivity contribution >= 4 is 37.8 Å². The third-order valence-electron chi connectivity index (χ3n) is 3.39. The number of hydrogen-bond acceptors (Lipinski definition) is 3. The summed E-state index contributed by atoms with van der Waals surface area (Å²) in [7, 11) is 0. The second-order valence-electron chi connectivity index (χ2n) is 4.81. The van der Waals surface area contributed by atoms with Crippen LogP contribution in [0.3, 0.4) is 0 Å². The summed E-state index contributed by atoms with van der Waals surface area (Å²) in [4.78, 5) is 14.3. The molecule has 0 saturated carbocycles. The van der Waals surface area contributed by atoms with Gasteiger partial charge < -0.3 is 5.32 Å². The minimum Gasteiger partial charge on any atom is -0.349 e. The van der Waals surface area contributed by atoms with Gasteiger partial charge in [0.1, 0.15) is 0 Å². The zero-order valence-corrected chi connectivity index (χ0v) is 14.1. The number of nitrogens with zero attached hydrogens (tertiary/aromatic N) is 2. The van der Waals surface area contributed by atoms with Gasteiger partial charge in [-0.25, -0.2) is 0 Å². The van der Waals surface area contributed by atoms with E-state index < -0.39 is 0 Å².